The molecule has 1 saturated carbocycles. The van der Waals surface area contributed by atoms with Gasteiger partial charge in [-0.2, -0.15) is 0 Å². The number of nitrogens with zero attached hydrogens (tertiary/aromatic N) is 3. The molecule has 7 nitrogen and oxygen atoms in total. The second-order valence-electron chi connectivity index (χ2n) is 6.03. The summed E-state index contributed by atoms with van der Waals surface area (Å²) in [5, 5.41) is 15.9. The summed E-state index contributed by atoms with van der Waals surface area (Å²) in [5.74, 6) is -1.37. The fourth-order valence-electron chi connectivity index (χ4n) is 2.85. The Kier molecular flexibility index (Phi) is 4.04. The maximum atomic E-state index is 13.0. The third kappa shape index (κ3) is 3.12. The van der Waals surface area contributed by atoms with Gasteiger partial charge in [-0.3, -0.25) is 9.59 Å². The van der Waals surface area contributed by atoms with E-state index in [1.807, 2.05) is 0 Å². The third-order valence-electron chi connectivity index (χ3n) is 4.22. The van der Waals surface area contributed by atoms with Crippen LogP contribution in [-0.4, -0.2) is 37.3 Å². The van der Waals surface area contributed by atoms with Crippen molar-refractivity contribution in [3.05, 3.63) is 41.7 Å². The first-order valence-electron chi connectivity index (χ1n) is 7.62. The smallest absolute Gasteiger partial charge is 0.305 e. The van der Waals surface area contributed by atoms with Crippen LogP contribution >= 0.6 is 0 Å². The van der Waals surface area contributed by atoms with Gasteiger partial charge < -0.3 is 10.4 Å². The topological polar surface area (TPSA) is 97.1 Å². The number of hydrogen-bond acceptors (Lipinski definition) is 4. The van der Waals surface area contributed by atoms with Crippen molar-refractivity contribution in [1.82, 2.24) is 20.1 Å². The lowest BCUT2D eigenvalue weighted by Gasteiger charge is -2.41. The van der Waals surface area contributed by atoms with E-state index in [9.17, 15) is 14.0 Å². The van der Waals surface area contributed by atoms with E-state index in [2.05, 4.69) is 15.4 Å². The summed E-state index contributed by atoms with van der Waals surface area (Å²) in [5.41, 5.74) is -0.123. The number of nitrogens with one attached hydrogen (secondary N) is 1. The zero-order chi connectivity index (χ0) is 17.3. The molecule has 0 atom stereocenters. The van der Waals surface area contributed by atoms with Crippen LogP contribution in [0, 0.1) is 12.7 Å². The van der Waals surface area contributed by atoms with Gasteiger partial charge in [-0.15, -0.1) is 5.10 Å². The molecule has 1 heterocycles. The highest BCUT2D eigenvalue weighted by atomic mass is 19.1. The Bertz CT molecular complexity index is 781. The number of aryl methyl sites for hydroxylation is 1. The molecule has 0 unspecified atom stereocenters. The van der Waals surface area contributed by atoms with Crippen LogP contribution in [0.25, 0.3) is 5.69 Å². The number of carboxylic acid groups (broad SMARTS) is 1. The van der Waals surface area contributed by atoms with Gasteiger partial charge in [0, 0.05) is 0 Å². The molecule has 2 N–H and O–H groups in total. The van der Waals surface area contributed by atoms with Gasteiger partial charge in [-0.1, -0.05) is 0 Å². The molecule has 0 aliphatic heterocycles. The van der Waals surface area contributed by atoms with E-state index in [1.54, 1.807) is 6.92 Å². The van der Waals surface area contributed by atoms with Gasteiger partial charge in [-0.25, -0.2) is 14.1 Å². The Morgan fingerprint density at radius 3 is 2.54 bits per heavy atom. The van der Waals surface area contributed by atoms with E-state index in [4.69, 9.17) is 5.11 Å². The third-order valence-corrected chi connectivity index (χ3v) is 4.22. The van der Waals surface area contributed by atoms with Crippen LogP contribution in [-0.2, 0) is 4.79 Å². The number of carbonyl (C=O) groups is 2. The number of hydrogen-bond donors (Lipinski definition) is 2. The lowest BCUT2D eigenvalue weighted by molar-refractivity contribution is -0.139. The van der Waals surface area contributed by atoms with E-state index in [1.165, 1.54) is 28.9 Å². The Hall–Kier alpha value is -2.77. The van der Waals surface area contributed by atoms with Crippen LogP contribution < -0.4 is 5.32 Å². The summed E-state index contributed by atoms with van der Waals surface area (Å²) < 4.78 is 14.5. The van der Waals surface area contributed by atoms with Crippen LogP contribution in [0.3, 0.4) is 0 Å². The summed E-state index contributed by atoms with van der Waals surface area (Å²) in [6.45, 7) is 1.68. The molecule has 1 aliphatic carbocycles. The van der Waals surface area contributed by atoms with Crippen molar-refractivity contribution < 1.29 is 19.1 Å². The number of aliphatic carboxylic acids is 1. The number of aromatic nitrogens is 3. The lowest BCUT2D eigenvalue weighted by Crippen LogP contribution is -2.54. The van der Waals surface area contributed by atoms with Gasteiger partial charge in [-0.05, 0) is 50.5 Å². The Balaban J connectivity index is 1.80. The highest BCUT2D eigenvalue weighted by Gasteiger charge is 2.41. The monoisotopic (exact) mass is 332 g/mol. The quantitative estimate of drug-likeness (QED) is 0.871. The molecule has 2 aromatic rings. The molecule has 0 radical (unpaired) electrons. The second kappa shape index (κ2) is 6.03. The molecule has 8 heteroatoms. The Morgan fingerprint density at radius 2 is 2.00 bits per heavy atom. The van der Waals surface area contributed by atoms with Gasteiger partial charge in [0.15, 0.2) is 0 Å². The van der Waals surface area contributed by atoms with E-state index in [0.29, 0.717) is 24.4 Å². The summed E-state index contributed by atoms with van der Waals surface area (Å²) >= 11 is 0. The average Bonchev–Trinajstić information content (AvgIpc) is 2.87. The van der Waals surface area contributed by atoms with Crippen molar-refractivity contribution in [3.63, 3.8) is 0 Å². The number of carboxylic acids is 1. The molecule has 126 valence electrons. The molecule has 1 amide bonds. The van der Waals surface area contributed by atoms with Gasteiger partial charge >= 0.3 is 5.97 Å². The first kappa shape index (κ1) is 16.1. The van der Waals surface area contributed by atoms with Crippen molar-refractivity contribution in [2.45, 2.75) is 38.1 Å². The van der Waals surface area contributed by atoms with Crippen LogP contribution in [0.1, 0.15) is 42.1 Å². The SMILES string of the molecule is Cc1nc(C(=O)NC2(CC(=O)O)CCC2)nn1-c1ccc(F)cc1. The maximum Gasteiger partial charge on any atom is 0.305 e. The van der Waals surface area contributed by atoms with Crippen LogP contribution in [0.2, 0.25) is 0 Å². The molecule has 24 heavy (non-hydrogen) atoms. The van der Waals surface area contributed by atoms with Crippen LogP contribution in [0.4, 0.5) is 4.39 Å². The first-order chi connectivity index (χ1) is 11.4. The van der Waals surface area contributed by atoms with Gasteiger partial charge in [0.05, 0.1) is 17.6 Å². The highest BCUT2D eigenvalue weighted by molar-refractivity contribution is 5.91. The molecule has 1 aromatic heterocycles. The molecule has 0 spiro atoms. The Morgan fingerprint density at radius 1 is 1.33 bits per heavy atom. The number of rotatable bonds is 5. The summed E-state index contributed by atoms with van der Waals surface area (Å²) in [6, 6.07) is 5.67. The van der Waals surface area contributed by atoms with E-state index >= 15 is 0 Å². The highest BCUT2D eigenvalue weighted by Crippen LogP contribution is 2.35. The summed E-state index contributed by atoms with van der Waals surface area (Å²) in [7, 11) is 0. The van der Waals surface area contributed by atoms with Gasteiger partial charge in [0.1, 0.15) is 11.6 Å². The molecule has 0 bridgehead atoms. The van der Waals surface area contributed by atoms with Crippen molar-refractivity contribution in [2.75, 3.05) is 0 Å². The van der Waals surface area contributed by atoms with Gasteiger partial charge in [0.25, 0.3) is 5.91 Å². The number of amides is 1. The lowest BCUT2D eigenvalue weighted by atomic mass is 9.74. The van der Waals surface area contributed by atoms with E-state index < -0.39 is 17.4 Å². The number of halogens is 1. The Labute approximate surface area is 137 Å². The van der Waals surface area contributed by atoms with Crippen molar-refractivity contribution in [2.24, 2.45) is 0 Å². The van der Waals surface area contributed by atoms with Crippen LogP contribution in [0.5, 0.6) is 0 Å². The average molecular weight is 332 g/mol. The van der Waals surface area contributed by atoms with E-state index in [0.717, 1.165) is 6.42 Å². The van der Waals surface area contributed by atoms with Crippen molar-refractivity contribution in [1.29, 1.82) is 0 Å². The largest absolute Gasteiger partial charge is 0.481 e. The predicted octanol–water partition coefficient (Wildman–Crippen LogP) is 1.84. The number of benzene rings is 1. The first-order valence-corrected chi connectivity index (χ1v) is 7.62. The number of carbonyl (C=O) groups excluding carboxylic acids is 1. The minimum atomic E-state index is -0.948. The summed E-state index contributed by atoms with van der Waals surface area (Å²) in [4.78, 5) is 27.5. The zero-order valence-corrected chi connectivity index (χ0v) is 13.1. The minimum absolute atomic E-state index is 0.0338. The van der Waals surface area contributed by atoms with Crippen LogP contribution in [0.15, 0.2) is 24.3 Å². The second-order valence-corrected chi connectivity index (χ2v) is 6.03. The predicted molar refractivity (Wildman–Crippen MR) is 82.4 cm³/mol. The van der Waals surface area contributed by atoms with Crippen molar-refractivity contribution >= 4 is 11.9 Å². The van der Waals surface area contributed by atoms with Crippen molar-refractivity contribution in [3.8, 4) is 5.69 Å². The van der Waals surface area contributed by atoms with E-state index in [-0.39, 0.29) is 18.1 Å². The molecule has 1 fully saturated rings. The molecular weight excluding hydrogens is 315 g/mol. The minimum Gasteiger partial charge on any atom is -0.481 e. The standard InChI is InChI=1S/C16H17FN4O3/c1-10-18-14(20-21(10)12-5-3-11(17)4-6-12)15(24)19-16(7-2-8-16)9-13(22)23/h3-6H,2,7-9H2,1H3,(H,19,24)(H,22,23). The fourth-order valence-corrected chi connectivity index (χ4v) is 2.85. The maximum absolute atomic E-state index is 13.0. The molecular formula is C16H17FN4O3. The molecule has 3 rings (SSSR count). The summed E-state index contributed by atoms with van der Waals surface area (Å²) in [6.07, 6.45) is 2.02. The molecule has 1 aromatic carbocycles. The fraction of sp³-hybridized carbons (Fsp3) is 0.375. The molecule has 1 aliphatic rings. The molecule has 0 saturated heterocycles. The zero-order valence-electron chi connectivity index (χ0n) is 13.1. The van der Waals surface area contributed by atoms with Gasteiger partial charge in [0.2, 0.25) is 5.82 Å². The normalized spacial score (nSPS) is 15.6.